The van der Waals surface area contributed by atoms with Gasteiger partial charge in [0.1, 0.15) is 17.7 Å². The zero-order valence-electron chi connectivity index (χ0n) is 13.0. The first kappa shape index (κ1) is 16.8. The number of benzene rings is 1. The van der Waals surface area contributed by atoms with Gasteiger partial charge in [-0.25, -0.2) is 13.6 Å². The Kier molecular flexibility index (Phi) is 4.80. The molecule has 130 valence electrons. The number of hydrogen-bond donors (Lipinski definition) is 2. The van der Waals surface area contributed by atoms with Crippen LogP contribution in [0.25, 0.3) is 0 Å². The van der Waals surface area contributed by atoms with Crippen LogP contribution in [0, 0.1) is 23.5 Å². The summed E-state index contributed by atoms with van der Waals surface area (Å²) in [5.41, 5.74) is 0.296. The molecule has 1 aromatic rings. The van der Waals surface area contributed by atoms with Gasteiger partial charge in [-0.05, 0) is 36.8 Å². The lowest BCUT2D eigenvalue weighted by Gasteiger charge is -2.28. The maximum atomic E-state index is 13.8. The van der Waals surface area contributed by atoms with Crippen LogP contribution in [0.5, 0.6) is 0 Å². The predicted octanol–water partition coefficient (Wildman–Crippen LogP) is 2.06. The molecule has 4 atom stereocenters. The summed E-state index contributed by atoms with van der Waals surface area (Å²) in [6.07, 6.45) is 1.87. The van der Waals surface area contributed by atoms with Crippen molar-refractivity contribution in [3.8, 4) is 0 Å². The number of amides is 1. The average Bonchev–Trinajstić information content (AvgIpc) is 3.33. The maximum Gasteiger partial charge on any atom is 0.326 e. The third kappa shape index (κ3) is 3.56. The van der Waals surface area contributed by atoms with Crippen molar-refractivity contribution in [3.63, 3.8) is 0 Å². The standard InChI is InChI=1S/C17H19F2NO4/c18-10-3-4-11(14(19)6-10)12-7-13(12)16(21)20-15(17(22)23)9-2-1-5-24-8-9/h3-4,6,9,12-13,15H,1-2,5,7-8H2,(H,20,21)(H,22,23). The van der Waals surface area contributed by atoms with Crippen LogP contribution >= 0.6 is 0 Å². The van der Waals surface area contributed by atoms with E-state index in [9.17, 15) is 23.5 Å². The van der Waals surface area contributed by atoms with E-state index in [1.54, 1.807) is 0 Å². The smallest absolute Gasteiger partial charge is 0.326 e. The van der Waals surface area contributed by atoms with E-state index in [-0.39, 0.29) is 11.8 Å². The zero-order chi connectivity index (χ0) is 17.3. The van der Waals surface area contributed by atoms with E-state index >= 15 is 0 Å². The van der Waals surface area contributed by atoms with Gasteiger partial charge in [-0.1, -0.05) is 6.07 Å². The molecule has 5 nitrogen and oxygen atoms in total. The fourth-order valence-corrected chi connectivity index (χ4v) is 3.30. The van der Waals surface area contributed by atoms with Crippen LogP contribution < -0.4 is 5.32 Å². The van der Waals surface area contributed by atoms with Gasteiger partial charge in [0.05, 0.1) is 6.61 Å². The Morgan fingerprint density at radius 2 is 2.12 bits per heavy atom. The second-order valence-corrected chi connectivity index (χ2v) is 6.42. The maximum absolute atomic E-state index is 13.8. The number of rotatable bonds is 5. The summed E-state index contributed by atoms with van der Waals surface area (Å²) in [5, 5.41) is 11.9. The summed E-state index contributed by atoms with van der Waals surface area (Å²) in [6.45, 7) is 0.906. The normalized spacial score (nSPS) is 27.3. The summed E-state index contributed by atoms with van der Waals surface area (Å²) in [6, 6.07) is 2.29. The number of halogens is 2. The van der Waals surface area contributed by atoms with E-state index in [1.165, 1.54) is 6.07 Å². The highest BCUT2D eigenvalue weighted by Gasteiger charge is 2.46. The van der Waals surface area contributed by atoms with Crippen molar-refractivity contribution in [1.29, 1.82) is 0 Å². The van der Waals surface area contributed by atoms with Gasteiger partial charge in [0.2, 0.25) is 5.91 Å². The molecular weight excluding hydrogens is 320 g/mol. The van der Waals surface area contributed by atoms with Crippen molar-refractivity contribution in [2.75, 3.05) is 13.2 Å². The Bertz CT molecular complexity index is 645. The first-order valence-corrected chi connectivity index (χ1v) is 8.03. The highest BCUT2D eigenvalue weighted by molar-refractivity contribution is 5.87. The van der Waals surface area contributed by atoms with Crippen LogP contribution in [0.1, 0.15) is 30.7 Å². The molecule has 4 unspecified atom stereocenters. The number of nitrogens with one attached hydrogen (secondary N) is 1. The first-order chi connectivity index (χ1) is 11.5. The summed E-state index contributed by atoms with van der Waals surface area (Å²) < 4.78 is 32.0. The van der Waals surface area contributed by atoms with Crippen molar-refractivity contribution in [3.05, 3.63) is 35.4 Å². The molecular formula is C17H19F2NO4. The van der Waals surface area contributed by atoms with E-state index in [0.717, 1.165) is 18.6 Å². The third-order valence-corrected chi connectivity index (χ3v) is 4.72. The quantitative estimate of drug-likeness (QED) is 0.861. The fraction of sp³-hybridized carbons (Fsp3) is 0.529. The lowest BCUT2D eigenvalue weighted by Crippen LogP contribution is -2.49. The Balaban J connectivity index is 1.63. The monoisotopic (exact) mass is 339 g/mol. The van der Waals surface area contributed by atoms with Gasteiger partial charge in [-0.15, -0.1) is 0 Å². The second-order valence-electron chi connectivity index (χ2n) is 6.42. The van der Waals surface area contributed by atoms with Crippen LogP contribution in [-0.4, -0.2) is 36.2 Å². The van der Waals surface area contributed by atoms with Crippen molar-refractivity contribution in [2.24, 2.45) is 11.8 Å². The number of carbonyl (C=O) groups excluding carboxylic acids is 1. The van der Waals surface area contributed by atoms with E-state index < -0.39 is 35.5 Å². The van der Waals surface area contributed by atoms with Crippen LogP contribution in [0.3, 0.4) is 0 Å². The predicted molar refractivity (Wildman–Crippen MR) is 80.3 cm³/mol. The average molecular weight is 339 g/mol. The van der Waals surface area contributed by atoms with Gasteiger partial charge in [-0.3, -0.25) is 4.79 Å². The molecule has 2 aliphatic rings. The highest BCUT2D eigenvalue weighted by Crippen LogP contribution is 2.48. The van der Waals surface area contributed by atoms with Gasteiger partial charge < -0.3 is 15.2 Å². The number of hydrogen-bond acceptors (Lipinski definition) is 3. The molecule has 1 aromatic carbocycles. The molecule has 0 spiro atoms. The van der Waals surface area contributed by atoms with E-state index in [2.05, 4.69) is 5.32 Å². The molecule has 1 saturated carbocycles. The molecule has 7 heteroatoms. The molecule has 0 radical (unpaired) electrons. The Morgan fingerprint density at radius 3 is 2.75 bits per heavy atom. The van der Waals surface area contributed by atoms with Crippen LogP contribution in [-0.2, 0) is 14.3 Å². The lowest BCUT2D eigenvalue weighted by molar-refractivity contribution is -0.145. The number of carboxylic acids is 1. The summed E-state index contributed by atoms with van der Waals surface area (Å²) in [7, 11) is 0. The molecule has 2 N–H and O–H groups in total. The first-order valence-electron chi connectivity index (χ1n) is 8.03. The number of ether oxygens (including phenoxy) is 1. The lowest BCUT2D eigenvalue weighted by atomic mass is 9.93. The Morgan fingerprint density at radius 1 is 1.33 bits per heavy atom. The second kappa shape index (κ2) is 6.84. The van der Waals surface area contributed by atoms with Crippen LogP contribution in [0.2, 0.25) is 0 Å². The molecule has 2 fully saturated rings. The van der Waals surface area contributed by atoms with E-state index in [4.69, 9.17) is 4.74 Å². The van der Waals surface area contributed by atoms with Gasteiger partial charge in [0.15, 0.2) is 0 Å². The number of carbonyl (C=O) groups is 2. The van der Waals surface area contributed by atoms with E-state index in [1.807, 2.05) is 0 Å². The molecule has 1 heterocycles. The van der Waals surface area contributed by atoms with Gasteiger partial charge in [-0.2, -0.15) is 0 Å². The highest BCUT2D eigenvalue weighted by atomic mass is 19.1. The summed E-state index contributed by atoms with van der Waals surface area (Å²) in [5.74, 6) is -3.91. The fourth-order valence-electron chi connectivity index (χ4n) is 3.30. The third-order valence-electron chi connectivity index (χ3n) is 4.72. The van der Waals surface area contributed by atoms with Crippen LogP contribution in [0.15, 0.2) is 18.2 Å². The van der Waals surface area contributed by atoms with Crippen LogP contribution in [0.4, 0.5) is 8.78 Å². The molecule has 3 rings (SSSR count). The number of carboxylic acid groups (broad SMARTS) is 1. The summed E-state index contributed by atoms with van der Waals surface area (Å²) >= 11 is 0. The van der Waals surface area contributed by atoms with Crippen molar-refractivity contribution in [2.45, 2.75) is 31.2 Å². The molecule has 1 amide bonds. The van der Waals surface area contributed by atoms with Crippen molar-refractivity contribution < 1.29 is 28.2 Å². The van der Waals surface area contributed by atoms with Gasteiger partial charge >= 0.3 is 5.97 Å². The number of aliphatic carboxylic acids is 1. The zero-order valence-corrected chi connectivity index (χ0v) is 13.0. The molecule has 0 aromatic heterocycles. The molecule has 1 aliphatic heterocycles. The van der Waals surface area contributed by atoms with E-state index in [0.29, 0.717) is 31.6 Å². The molecule has 1 saturated heterocycles. The minimum Gasteiger partial charge on any atom is -0.480 e. The summed E-state index contributed by atoms with van der Waals surface area (Å²) in [4.78, 5) is 23.8. The Labute approximate surface area is 138 Å². The largest absolute Gasteiger partial charge is 0.480 e. The Hall–Kier alpha value is -2.02. The minimum absolute atomic E-state index is 0.264. The molecule has 1 aliphatic carbocycles. The minimum atomic E-state index is -1.09. The molecule has 0 bridgehead atoms. The SMILES string of the molecule is O=C(NC(C(=O)O)C1CCCOC1)C1CC1c1ccc(F)cc1F. The van der Waals surface area contributed by atoms with Gasteiger partial charge in [0, 0.05) is 24.5 Å². The van der Waals surface area contributed by atoms with Crippen molar-refractivity contribution in [1.82, 2.24) is 5.32 Å². The van der Waals surface area contributed by atoms with Gasteiger partial charge in [0.25, 0.3) is 0 Å². The van der Waals surface area contributed by atoms with Crippen molar-refractivity contribution >= 4 is 11.9 Å². The topological polar surface area (TPSA) is 75.6 Å². The molecule has 24 heavy (non-hydrogen) atoms.